The van der Waals surface area contributed by atoms with Crippen LogP contribution in [0.1, 0.15) is 39.0 Å². The predicted octanol–water partition coefficient (Wildman–Crippen LogP) is 2.72. The lowest BCUT2D eigenvalue weighted by Gasteiger charge is -2.11. The summed E-state index contributed by atoms with van der Waals surface area (Å²) in [6.07, 6.45) is 3.27. The first-order valence-corrected chi connectivity index (χ1v) is 6.89. The molecule has 0 heterocycles. The molecule has 2 amide bonds. The summed E-state index contributed by atoms with van der Waals surface area (Å²) in [5.41, 5.74) is 2.42. The second-order valence-corrected chi connectivity index (χ2v) is 5.00. The Kier molecular flexibility index (Phi) is 7.35. The highest BCUT2D eigenvalue weighted by Gasteiger charge is 2.09. The first kappa shape index (κ1) is 16.2. The molecule has 3 N–H and O–H groups in total. The molecule has 0 aliphatic carbocycles. The van der Waals surface area contributed by atoms with Gasteiger partial charge in [0.15, 0.2) is 0 Å². The molecule has 1 aromatic rings. The zero-order valence-electron chi connectivity index (χ0n) is 11.8. The highest BCUT2D eigenvalue weighted by molar-refractivity contribution is 5.90. The smallest absolute Gasteiger partial charge is 0.243 e. The van der Waals surface area contributed by atoms with E-state index in [1.807, 2.05) is 37.3 Å². The third-order valence-corrected chi connectivity index (χ3v) is 3.07. The molecular formula is C15H22N2O3. The fourth-order valence-electron chi connectivity index (χ4n) is 1.99. The van der Waals surface area contributed by atoms with Crippen LogP contribution in [0.2, 0.25) is 0 Å². The number of rotatable bonds is 8. The van der Waals surface area contributed by atoms with Crippen molar-refractivity contribution in [3.8, 4) is 0 Å². The van der Waals surface area contributed by atoms with Crippen LogP contribution in [0.25, 0.3) is 0 Å². The van der Waals surface area contributed by atoms with Crippen LogP contribution in [0.3, 0.4) is 0 Å². The molecule has 0 aliphatic rings. The van der Waals surface area contributed by atoms with Crippen LogP contribution in [0.4, 0.5) is 5.69 Å². The SMILES string of the molecule is CC(CCCCC(=O)NO)CC(=O)Nc1ccccc1. The summed E-state index contributed by atoms with van der Waals surface area (Å²) in [5, 5.41) is 11.2. The number of hydroxylamine groups is 1. The number of nitrogens with one attached hydrogen (secondary N) is 2. The first-order valence-electron chi connectivity index (χ1n) is 6.89. The number of hydrogen-bond acceptors (Lipinski definition) is 3. The molecule has 0 saturated heterocycles. The molecule has 20 heavy (non-hydrogen) atoms. The van der Waals surface area contributed by atoms with Gasteiger partial charge in [-0.15, -0.1) is 0 Å². The number of carbonyl (C=O) groups excluding carboxylic acids is 2. The fraction of sp³-hybridized carbons (Fsp3) is 0.467. The van der Waals surface area contributed by atoms with E-state index in [0.29, 0.717) is 12.8 Å². The zero-order chi connectivity index (χ0) is 14.8. The van der Waals surface area contributed by atoms with Crippen LogP contribution in [-0.4, -0.2) is 17.0 Å². The maximum Gasteiger partial charge on any atom is 0.243 e. The minimum Gasteiger partial charge on any atom is -0.326 e. The van der Waals surface area contributed by atoms with Crippen LogP contribution >= 0.6 is 0 Å². The Morgan fingerprint density at radius 2 is 1.85 bits per heavy atom. The summed E-state index contributed by atoms with van der Waals surface area (Å²) in [6.45, 7) is 2.02. The molecule has 5 nitrogen and oxygen atoms in total. The molecular weight excluding hydrogens is 256 g/mol. The van der Waals surface area contributed by atoms with Gasteiger partial charge >= 0.3 is 0 Å². The van der Waals surface area contributed by atoms with Gasteiger partial charge in [-0.05, 0) is 24.5 Å². The monoisotopic (exact) mass is 278 g/mol. The van der Waals surface area contributed by atoms with Gasteiger partial charge in [0.05, 0.1) is 0 Å². The van der Waals surface area contributed by atoms with Crippen molar-refractivity contribution in [2.24, 2.45) is 5.92 Å². The van der Waals surface area contributed by atoms with E-state index in [-0.39, 0.29) is 17.7 Å². The van der Waals surface area contributed by atoms with Gasteiger partial charge in [-0.25, -0.2) is 5.48 Å². The van der Waals surface area contributed by atoms with Gasteiger partial charge in [-0.1, -0.05) is 38.0 Å². The summed E-state index contributed by atoms with van der Waals surface area (Å²) >= 11 is 0. The topological polar surface area (TPSA) is 78.4 Å². The van der Waals surface area contributed by atoms with Crippen LogP contribution in [0, 0.1) is 5.92 Å². The van der Waals surface area contributed by atoms with Crippen molar-refractivity contribution in [2.75, 3.05) is 5.32 Å². The third kappa shape index (κ3) is 6.89. The molecule has 1 aromatic carbocycles. The molecule has 110 valence electrons. The molecule has 0 spiro atoms. The number of amides is 2. The van der Waals surface area contributed by atoms with Gasteiger partial charge in [0.2, 0.25) is 11.8 Å². The van der Waals surface area contributed by atoms with Crippen LogP contribution in [0.15, 0.2) is 30.3 Å². The van der Waals surface area contributed by atoms with Gasteiger partial charge in [0.1, 0.15) is 0 Å². The molecule has 0 aromatic heterocycles. The van der Waals surface area contributed by atoms with Crippen LogP contribution in [-0.2, 0) is 9.59 Å². The van der Waals surface area contributed by atoms with Crippen LogP contribution in [0.5, 0.6) is 0 Å². The lowest BCUT2D eigenvalue weighted by molar-refractivity contribution is -0.129. The normalized spacial score (nSPS) is 11.7. The number of para-hydroxylation sites is 1. The van der Waals surface area contributed by atoms with Gasteiger partial charge in [-0.3, -0.25) is 14.8 Å². The Labute approximate surface area is 119 Å². The Hall–Kier alpha value is -1.88. The number of anilines is 1. The molecule has 0 bridgehead atoms. The van der Waals surface area contributed by atoms with Crippen molar-refractivity contribution in [1.82, 2.24) is 5.48 Å². The Morgan fingerprint density at radius 1 is 1.15 bits per heavy atom. The lowest BCUT2D eigenvalue weighted by Crippen LogP contribution is -2.18. The standard InChI is InChI=1S/C15H22N2O3/c1-12(7-5-6-10-14(18)17-20)11-15(19)16-13-8-3-2-4-9-13/h2-4,8-9,12,20H,5-7,10-11H2,1H3,(H,16,19)(H,17,18). The van der Waals surface area contributed by atoms with Crippen molar-refractivity contribution in [3.63, 3.8) is 0 Å². The van der Waals surface area contributed by atoms with E-state index >= 15 is 0 Å². The molecule has 1 atom stereocenters. The molecule has 1 rings (SSSR count). The summed E-state index contributed by atoms with van der Waals surface area (Å²) in [7, 11) is 0. The summed E-state index contributed by atoms with van der Waals surface area (Å²) in [6, 6.07) is 9.38. The van der Waals surface area contributed by atoms with E-state index in [0.717, 1.165) is 24.9 Å². The third-order valence-electron chi connectivity index (χ3n) is 3.07. The molecule has 5 heteroatoms. The molecule has 0 radical (unpaired) electrons. The minimum atomic E-state index is -0.362. The minimum absolute atomic E-state index is 0.0109. The van der Waals surface area contributed by atoms with Gasteiger partial charge in [0, 0.05) is 18.5 Å². The van der Waals surface area contributed by atoms with Crippen molar-refractivity contribution in [3.05, 3.63) is 30.3 Å². The van der Waals surface area contributed by atoms with Crippen LogP contribution < -0.4 is 10.8 Å². The molecule has 0 fully saturated rings. The first-order chi connectivity index (χ1) is 9.61. The maximum absolute atomic E-state index is 11.8. The molecule has 0 aliphatic heterocycles. The van der Waals surface area contributed by atoms with E-state index in [2.05, 4.69) is 5.32 Å². The van der Waals surface area contributed by atoms with Gasteiger partial charge in [0.25, 0.3) is 0 Å². The maximum atomic E-state index is 11.8. The zero-order valence-corrected chi connectivity index (χ0v) is 11.8. The largest absolute Gasteiger partial charge is 0.326 e. The van der Waals surface area contributed by atoms with E-state index in [9.17, 15) is 9.59 Å². The average Bonchev–Trinajstić information content (AvgIpc) is 2.44. The van der Waals surface area contributed by atoms with E-state index in [1.165, 1.54) is 0 Å². The molecule has 0 saturated carbocycles. The van der Waals surface area contributed by atoms with E-state index in [4.69, 9.17) is 5.21 Å². The number of carbonyl (C=O) groups is 2. The number of unbranched alkanes of at least 4 members (excludes halogenated alkanes) is 1. The Morgan fingerprint density at radius 3 is 2.50 bits per heavy atom. The second kappa shape index (κ2) is 9.09. The lowest BCUT2D eigenvalue weighted by atomic mass is 9.99. The van der Waals surface area contributed by atoms with Crippen molar-refractivity contribution < 1.29 is 14.8 Å². The summed E-state index contributed by atoms with van der Waals surface area (Å²) in [5.74, 6) is -0.0767. The van der Waals surface area contributed by atoms with Crippen molar-refractivity contribution in [1.29, 1.82) is 0 Å². The van der Waals surface area contributed by atoms with Gasteiger partial charge in [-0.2, -0.15) is 0 Å². The highest BCUT2D eigenvalue weighted by atomic mass is 16.5. The highest BCUT2D eigenvalue weighted by Crippen LogP contribution is 2.14. The van der Waals surface area contributed by atoms with E-state index < -0.39 is 0 Å². The van der Waals surface area contributed by atoms with Crippen molar-refractivity contribution >= 4 is 17.5 Å². The predicted molar refractivity (Wildman–Crippen MR) is 77.2 cm³/mol. The van der Waals surface area contributed by atoms with E-state index in [1.54, 1.807) is 5.48 Å². The molecule has 1 unspecified atom stereocenters. The summed E-state index contributed by atoms with van der Waals surface area (Å²) < 4.78 is 0. The Balaban J connectivity index is 2.17. The number of hydrogen-bond donors (Lipinski definition) is 3. The summed E-state index contributed by atoms with van der Waals surface area (Å²) in [4.78, 5) is 22.6. The quantitative estimate of drug-likeness (QED) is 0.388. The Bertz CT molecular complexity index is 420. The average molecular weight is 278 g/mol. The van der Waals surface area contributed by atoms with Crippen molar-refractivity contribution in [2.45, 2.75) is 39.0 Å². The second-order valence-electron chi connectivity index (χ2n) is 5.00. The number of benzene rings is 1. The fourth-order valence-corrected chi connectivity index (χ4v) is 1.99. The van der Waals surface area contributed by atoms with Gasteiger partial charge < -0.3 is 5.32 Å².